The van der Waals surface area contributed by atoms with Crippen LogP contribution in [0.3, 0.4) is 0 Å². The highest BCUT2D eigenvalue weighted by Gasteiger charge is 2.18. The summed E-state index contributed by atoms with van der Waals surface area (Å²) in [6.07, 6.45) is 2.61. The lowest BCUT2D eigenvalue weighted by molar-refractivity contribution is 0.181. The molecule has 0 unspecified atom stereocenters. The van der Waals surface area contributed by atoms with Gasteiger partial charge in [0.1, 0.15) is 0 Å². The van der Waals surface area contributed by atoms with Crippen LogP contribution in [0.15, 0.2) is 0 Å². The first-order valence-electron chi connectivity index (χ1n) is 2.72. The molecule has 0 radical (unpaired) electrons. The zero-order valence-electron chi connectivity index (χ0n) is 4.30. The standard InChI is InChI=1S/C5H11NO/c6-4-1-2-5(7)3-4/h4-5,7H,1-3,6H2/t4-,5-/m1/s1. The Kier molecular flexibility index (Phi) is 1.30. The monoisotopic (exact) mass is 101 g/mol. The lowest BCUT2D eigenvalue weighted by Crippen LogP contribution is -2.15. The fourth-order valence-electron chi connectivity index (χ4n) is 0.992. The number of aliphatic hydroxyl groups excluding tert-OH is 1. The van der Waals surface area contributed by atoms with E-state index in [2.05, 4.69) is 0 Å². The molecule has 2 nitrogen and oxygen atoms in total. The highest BCUT2D eigenvalue weighted by molar-refractivity contribution is 4.76. The van der Waals surface area contributed by atoms with E-state index >= 15 is 0 Å². The third-order valence-electron chi connectivity index (χ3n) is 1.45. The molecule has 1 aliphatic carbocycles. The number of hydrogen-bond donors (Lipinski definition) is 2. The average molecular weight is 101 g/mol. The first-order chi connectivity index (χ1) is 3.29. The molecule has 0 aromatic rings. The Bertz CT molecular complexity index is 57.1. The molecule has 0 heterocycles. The van der Waals surface area contributed by atoms with E-state index in [4.69, 9.17) is 10.8 Å². The first kappa shape index (κ1) is 5.06. The largest absolute Gasteiger partial charge is 0.393 e. The molecule has 2 heteroatoms. The maximum absolute atomic E-state index is 8.82. The third-order valence-corrected chi connectivity index (χ3v) is 1.45. The Morgan fingerprint density at radius 3 is 2.29 bits per heavy atom. The molecule has 0 aromatic heterocycles. The van der Waals surface area contributed by atoms with Gasteiger partial charge < -0.3 is 10.8 Å². The minimum Gasteiger partial charge on any atom is -0.393 e. The van der Waals surface area contributed by atoms with Crippen LogP contribution in [0.1, 0.15) is 19.3 Å². The van der Waals surface area contributed by atoms with Gasteiger partial charge in [-0.2, -0.15) is 0 Å². The molecule has 0 saturated heterocycles. The van der Waals surface area contributed by atoms with Crippen molar-refractivity contribution in [2.24, 2.45) is 5.73 Å². The van der Waals surface area contributed by atoms with Gasteiger partial charge in [0.2, 0.25) is 0 Å². The van der Waals surface area contributed by atoms with Crippen molar-refractivity contribution < 1.29 is 5.11 Å². The van der Waals surface area contributed by atoms with Gasteiger partial charge in [-0.25, -0.2) is 0 Å². The zero-order valence-corrected chi connectivity index (χ0v) is 4.30. The van der Waals surface area contributed by atoms with E-state index in [1.807, 2.05) is 0 Å². The minimum atomic E-state index is -0.102. The van der Waals surface area contributed by atoms with E-state index in [0.717, 1.165) is 19.3 Å². The first-order valence-corrected chi connectivity index (χ1v) is 2.72. The van der Waals surface area contributed by atoms with Crippen molar-refractivity contribution >= 4 is 0 Å². The van der Waals surface area contributed by atoms with Crippen LogP contribution in [-0.4, -0.2) is 17.3 Å². The molecule has 0 spiro atoms. The van der Waals surface area contributed by atoms with Gasteiger partial charge in [-0.05, 0) is 19.3 Å². The Hall–Kier alpha value is -0.0800. The molecule has 7 heavy (non-hydrogen) atoms. The Morgan fingerprint density at radius 1 is 1.43 bits per heavy atom. The van der Waals surface area contributed by atoms with Crippen molar-refractivity contribution in [1.29, 1.82) is 0 Å². The molecular formula is C5H11NO. The summed E-state index contributed by atoms with van der Waals surface area (Å²) < 4.78 is 0. The molecule has 1 aliphatic rings. The van der Waals surface area contributed by atoms with E-state index in [1.54, 1.807) is 0 Å². The van der Waals surface area contributed by atoms with Crippen molar-refractivity contribution in [2.45, 2.75) is 31.4 Å². The molecule has 2 atom stereocenters. The summed E-state index contributed by atoms with van der Waals surface area (Å²) in [4.78, 5) is 0. The fourth-order valence-corrected chi connectivity index (χ4v) is 0.992. The van der Waals surface area contributed by atoms with E-state index in [9.17, 15) is 0 Å². The Balaban J connectivity index is 2.26. The van der Waals surface area contributed by atoms with Crippen LogP contribution in [0, 0.1) is 0 Å². The summed E-state index contributed by atoms with van der Waals surface area (Å²) in [7, 11) is 0. The summed E-state index contributed by atoms with van der Waals surface area (Å²) in [6.45, 7) is 0. The molecule has 0 amide bonds. The van der Waals surface area contributed by atoms with Crippen LogP contribution in [0.25, 0.3) is 0 Å². The molecular weight excluding hydrogens is 90.1 g/mol. The van der Waals surface area contributed by atoms with Gasteiger partial charge in [0, 0.05) is 6.04 Å². The van der Waals surface area contributed by atoms with Crippen molar-refractivity contribution in [3.63, 3.8) is 0 Å². The van der Waals surface area contributed by atoms with Gasteiger partial charge in [0.15, 0.2) is 0 Å². The van der Waals surface area contributed by atoms with Crippen molar-refractivity contribution in [3.05, 3.63) is 0 Å². The van der Waals surface area contributed by atoms with Crippen molar-refractivity contribution in [2.75, 3.05) is 0 Å². The normalized spacial score (nSPS) is 42.0. The molecule has 1 rings (SSSR count). The van der Waals surface area contributed by atoms with Gasteiger partial charge in [-0.3, -0.25) is 0 Å². The lowest BCUT2D eigenvalue weighted by atomic mass is 10.3. The third kappa shape index (κ3) is 1.14. The molecule has 1 fully saturated rings. The van der Waals surface area contributed by atoms with Crippen molar-refractivity contribution in [3.8, 4) is 0 Å². The van der Waals surface area contributed by atoms with Crippen LogP contribution >= 0.6 is 0 Å². The van der Waals surface area contributed by atoms with Gasteiger partial charge in [0.25, 0.3) is 0 Å². The summed E-state index contributed by atoms with van der Waals surface area (Å²) in [5.41, 5.74) is 5.47. The number of hydrogen-bond acceptors (Lipinski definition) is 2. The maximum Gasteiger partial charge on any atom is 0.0555 e. The van der Waals surface area contributed by atoms with Gasteiger partial charge in [-0.15, -0.1) is 0 Å². The SMILES string of the molecule is N[C@@H]1CC[C@@H](O)C1. The summed E-state index contributed by atoms with van der Waals surface area (Å²) in [5, 5.41) is 8.82. The van der Waals surface area contributed by atoms with Crippen molar-refractivity contribution in [1.82, 2.24) is 0 Å². The number of aliphatic hydroxyl groups is 1. The highest BCUT2D eigenvalue weighted by atomic mass is 16.3. The average Bonchev–Trinajstić information content (AvgIpc) is 1.87. The molecule has 0 aliphatic heterocycles. The van der Waals surface area contributed by atoms with E-state index < -0.39 is 0 Å². The molecule has 0 bridgehead atoms. The van der Waals surface area contributed by atoms with E-state index in [0.29, 0.717) is 0 Å². The number of rotatable bonds is 0. The lowest BCUT2D eigenvalue weighted by Gasteiger charge is -1.96. The highest BCUT2D eigenvalue weighted by Crippen LogP contribution is 2.15. The predicted molar refractivity (Wildman–Crippen MR) is 27.8 cm³/mol. The molecule has 0 aromatic carbocycles. The maximum atomic E-state index is 8.82. The van der Waals surface area contributed by atoms with Gasteiger partial charge >= 0.3 is 0 Å². The van der Waals surface area contributed by atoms with Crippen LogP contribution < -0.4 is 5.73 Å². The second kappa shape index (κ2) is 1.80. The Morgan fingerprint density at radius 2 is 2.14 bits per heavy atom. The molecule has 1 saturated carbocycles. The van der Waals surface area contributed by atoms with Gasteiger partial charge in [0.05, 0.1) is 6.10 Å². The topological polar surface area (TPSA) is 46.2 Å². The predicted octanol–water partition coefficient (Wildman–Crippen LogP) is -0.142. The number of nitrogens with two attached hydrogens (primary N) is 1. The summed E-state index contributed by atoms with van der Waals surface area (Å²) >= 11 is 0. The Labute approximate surface area is 43.3 Å². The van der Waals surface area contributed by atoms with Gasteiger partial charge in [-0.1, -0.05) is 0 Å². The zero-order chi connectivity index (χ0) is 5.28. The fraction of sp³-hybridized carbons (Fsp3) is 1.00. The second-order valence-electron chi connectivity index (χ2n) is 2.23. The van der Waals surface area contributed by atoms with Crippen LogP contribution in [-0.2, 0) is 0 Å². The quantitative estimate of drug-likeness (QED) is 0.446. The van der Waals surface area contributed by atoms with Crippen LogP contribution in [0.2, 0.25) is 0 Å². The summed E-state index contributed by atoms with van der Waals surface area (Å²) in [6, 6.07) is 0.273. The van der Waals surface area contributed by atoms with Crippen LogP contribution in [0.5, 0.6) is 0 Å². The van der Waals surface area contributed by atoms with Crippen LogP contribution in [0.4, 0.5) is 0 Å². The van der Waals surface area contributed by atoms with E-state index in [-0.39, 0.29) is 12.1 Å². The van der Waals surface area contributed by atoms with E-state index in [1.165, 1.54) is 0 Å². The minimum absolute atomic E-state index is 0.102. The second-order valence-corrected chi connectivity index (χ2v) is 2.23. The molecule has 3 N–H and O–H groups in total. The molecule has 42 valence electrons. The summed E-state index contributed by atoms with van der Waals surface area (Å²) in [5.74, 6) is 0. The smallest absolute Gasteiger partial charge is 0.0555 e.